The van der Waals surface area contributed by atoms with E-state index in [0.29, 0.717) is 5.52 Å². The predicted octanol–water partition coefficient (Wildman–Crippen LogP) is 3.18. The number of halogens is 2. The third-order valence-corrected chi connectivity index (χ3v) is 3.93. The number of ketones is 1. The van der Waals surface area contributed by atoms with Gasteiger partial charge < -0.3 is 5.32 Å². The van der Waals surface area contributed by atoms with E-state index in [2.05, 4.69) is 10.4 Å². The first-order valence-corrected chi connectivity index (χ1v) is 7.49. The Bertz CT molecular complexity index is 1110. The van der Waals surface area contributed by atoms with Gasteiger partial charge in [0.05, 0.1) is 45.5 Å². The summed E-state index contributed by atoms with van der Waals surface area (Å²) in [5, 5.41) is 15.3. The van der Waals surface area contributed by atoms with E-state index < -0.39 is 23.3 Å². The molecule has 0 atom stereocenters. The Hall–Kier alpha value is -3.60. The summed E-state index contributed by atoms with van der Waals surface area (Å²) in [6, 6.07) is 6.50. The zero-order chi connectivity index (χ0) is 19.0. The third-order valence-electron chi connectivity index (χ3n) is 3.93. The molecule has 1 aromatic heterocycles. The van der Waals surface area contributed by atoms with E-state index >= 15 is 0 Å². The number of Topliss-reactive ketones (excluding diaryl/α,β-unsaturated/α-hetero) is 1. The van der Waals surface area contributed by atoms with Crippen molar-refractivity contribution in [3.05, 3.63) is 58.8 Å². The molecule has 0 aliphatic heterocycles. The fourth-order valence-corrected chi connectivity index (χ4v) is 2.65. The molecular formula is C18H12F2N4O2. The van der Waals surface area contributed by atoms with Gasteiger partial charge in [-0.15, -0.1) is 0 Å². The van der Waals surface area contributed by atoms with E-state index in [4.69, 9.17) is 5.26 Å². The molecule has 0 aliphatic carbocycles. The van der Waals surface area contributed by atoms with Crippen LogP contribution in [0.25, 0.3) is 10.9 Å². The molecule has 0 unspecified atom stereocenters. The first-order valence-electron chi connectivity index (χ1n) is 7.49. The molecule has 0 spiro atoms. The maximum atomic E-state index is 14.7. The summed E-state index contributed by atoms with van der Waals surface area (Å²) in [5.74, 6) is -3.16. The Morgan fingerprint density at radius 3 is 2.65 bits per heavy atom. The minimum Gasteiger partial charge on any atom is -0.321 e. The predicted molar refractivity (Wildman–Crippen MR) is 89.7 cm³/mol. The molecule has 26 heavy (non-hydrogen) atoms. The summed E-state index contributed by atoms with van der Waals surface area (Å²) in [7, 11) is 1.58. The van der Waals surface area contributed by atoms with Crippen LogP contribution in [0.5, 0.6) is 0 Å². The molecule has 0 aliphatic rings. The standard InChI is InChI=1S/C18H12F2N4O2/c1-9(25)16-14(6-15-12(17(16)20)8-22-24(15)2)23-18(26)11-5-10(7-21)3-4-13(11)19/h3-6,8H,1-2H3,(H,23,26). The van der Waals surface area contributed by atoms with Gasteiger partial charge in [0.1, 0.15) is 11.6 Å². The third kappa shape index (κ3) is 2.80. The van der Waals surface area contributed by atoms with Crippen molar-refractivity contribution < 1.29 is 18.4 Å². The molecule has 3 aromatic rings. The lowest BCUT2D eigenvalue weighted by molar-refractivity contribution is 0.101. The molecule has 3 rings (SSSR count). The average molecular weight is 354 g/mol. The molecule has 130 valence electrons. The second kappa shape index (κ2) is 6.37. The minimum absolute atomic E-state index is 0.0941. The highest BCUT2D eigenvalue weighted by atomic mass is 19.1. The van der Waals surface area contributed by atoms with Crippen LogP contribution in [0.3, 0.4) is 0 Å². The lowest BCUT2D eigenvalue weighted by atomic mass is 10.0. The Labute approximate surface area is 146 Å². The van der Waals surface area contributed by atoms with Gasteiger partial charge in [-0.25, -0.2) is 8.78 Å². The number of nitrogens with one attached hydrogen (secondary N) is 1. The van der Waals surface area contributed by atoms with Gasteiger partial charge in [-0.05, 0) is 31.2 Å². The molecule has 2 aromatic carbocycles. The van der Waals surface area contributed by atoms with Crippen LogP contribution in [0, 0.1) is 23.0 Å². The summed E-state index contributed by atoms with van der Waals surface area (Å²) in [4.78, 5) is 24.3. The number of fused-ring (bicyclic) bond motifs is 1. The van der Waals surface area contributed by atoms with Crippen molar-refractivity contribution in [1.82, 2.24) is 9.78 Å². The van der Waals surface area contributed by atoms with Gasteiger partial charge in [-0.2, -0.15) is 10.4 Å². The van der Waals surface area contributed by atoms with Gasteiger partial charge in [0.25, 0.3) is 5.91 Å². The monoisotopic (exact) mass is 354 g/mol. The topological polar surface area (TPSA) is 87.8 Å². The van der Waals surface area contributed by atoms with E-state index in [9.17, 15) is 18.4 Å². The van der Waals surface area contributed by atoms with Crippen molar-refractivity contribution in [2.45, 2.75) is 6.92 Å². The number of carbonyl (C=O) groups is 2. The first kappa shape index (κ1) is 17.2. The molecule has 8 heteroatoms. The zero-order valence-corrected chi connectivity index (χ0v) is 13.8. The van der Waals surface area contributed by atoms with E-state index in [1.165, 1.54) is 23.0 Å². The molecule has 6 nitrogen and oxygen atoms in total. The molecule has 0 bridgehead atoms. The number of hydrogen-bond donors (Lipinski definition) is 1. The van der Waals surface area contributed by atoms with Crippen LogP contribution in [0.15, 0.2) is 30.5 Å². The van der Waals surface area contributed by atoms with Crippen LogP contribution in [0.2, 0.25) is 0 Å². The van der Waals surface area contributed by atoms with Gasteiger partial charge in [0.2, 0.25) is 0 Å². The van der Waals surface area contributed by atoms with Gasteiger partial charge in [0, 0.05) is 7.05 Å². The number of nitriles is 1. The molecule has 1 N–H and O–H groups in total. The Kier molecular flexibility index (Phi) is 4.22. The largest absolute Gasteiger partial charge is 0.321 e. The van der Waals surface area contributed by atoms with E-state index in [-0.39, 0.29) is 27.8 Å². The average Bonchev–Trinajstić information content (AvgIpc) is 2.96. The Balaban J connectivity index is 2.12. The van der Waals surface area contributed by atoms with Gasteiger partial charge >= 0.3 is 0 Å². The van der Waals surface area contributed by atoms with Crippen LogP contribution in [0.4, 0.5) is 14.5 Å². The van der Waals surface area contributed by atoms with Crippen molar-refractivity contribution >= 4 is 28.3 Å². The number of anilines is 1. The fourth-order valence-electron chi connectivity index (χ4n) is 2.65. The van der Waals surface area contributed by atoms with E-state index in [0.717, 1.165) is 19.1 Å². The highest BCUT2D eigenvalue weighted by molar-refractivity contribution is 6.11. The van der Waals surface area contributed by atoms with Crippen LogP contribution >= 0.6 is 0 Å². The number of aryl methyl sites for hydroxylation is 1. The van der Waals surface area contributed by atoms with Crippen molar-refractivity contribution in [3.8, 4) is 6.07 Å². The Morgan fingerprint density at radius 2 is 2.00 bits per heavy atom. The fraction of sp³-hybridized carbons (Fsp3) is 0.111. The summed E-state index contributed by atoms with van der Waals surface area (Å²) < 4.78 is 30.0. The van der Waals surface area contributed by atoms with Gasteiger partial charge in [-0.3, -0.25) is 14.3 Å². The number of hydrogen-bond acceptors (Lipinski definition) is 4. The molecule has 1 heterocycles. The molecule has 1 amide bonds. The number of carbonyl (C=O) groups excluding carboxylic acids is 2. The number of amides is 1. The van der Waals surface area contributed by atoms with Gasteiger partial charge in [0.15, 0.2) is 5.78 Å². The van der Waals surface area contributed by atoms with Gasteiger partial charge in [-0.1, -0.05) is 0 Å². The summed E-state index contributed by atoms with van der Waals surface area (Å²) in [6.07, 6.45) is 1.28. The molecule has 0 fully saturated rings. The van der Waals surface area contributed by atoms with Crippen LogP contribution in [0.1, 0.15) is 33.2 Å². The normalized spacial score (nSPS) is 10.6. The van der Waals surface area contributed by atoms with Crippen molar-refractivity contribution in [2.24, 2.45) is 7.05 Å². The second-order valence-electron chi connectivity index (χ2n) is 5.63. The van der Waals surface area contributed by atoms with Crippen LogP contribution < -0.4 is 5.32 Å². The number of nitrogens with zero attached hydrogens (tertiary/aromatic N) is 3. The smallest absolute Gasteiger partial charge is 0.258 e. The summed E-state index contributed by atoms with van der Waals surface area (Å²) >= 11 is 0. The highest BCUT2D eigenvalue weighted by Crippen LogP contribution is 2.29. The number of rotatable bonds is 3. The zero-order valence-electron chi connectivity index (χ0n) is 13.8. The highest BCUT2D eigenvalue weighted by Gasteiger charge is 2.22. The number of benzene rings is 2. The molecule has 0 saturated carbocycles. The summed E-state index contributed by atoms with van der Waals surface area (Å²) in [5.41, 5.74) is -0.358. The molecule has 0 saturated heterocycles. The lowest BCUT2D eigenvalue weighted by Gasteiger charge is -2.12. The molecular weight excluding hydrogens is 342 g/mol. The second-order valence-corrected chi connectivity index (χ2v) is 5.63. The van der Waals surface area contributed by atoms with Crippen LogP contribution in [-0.4, -0.2) is 21.5 Å². The quantitative estimate of drug-likeness (QED) is 0.732. The van der Waals surface area contributed by atoms with Crippen molar-refractivity contribution in [3.63, 3.8) is 0 Å². The summed E-state index contributed by atoms with van der Waals surface area (Å²) in [6.45, 7) is 1.16. The first-order chi connectivity index (χ1) is 12.3. The lowest BCUT2D eigenvalue weighted by Crippen LogP contribution is -2.17. The van der Waals surface area contributed by atoms with E-state index in [1.54, 1.807) is 7.05 Å². The Morgan fingerprint density at radius 1 is 1.27 bits per heavy atom. The van der Waals surface area contributed by atoms with E-state index in [1.807, 2.05) is 6.07 Å². The van der Waals surface area contributed by atoms with Crippen molar-refractivity contribution in [1.29, 1.82) is 5.26 Å². The van der Waals surface area contributed by atoms with Crippen molar-refractivity contribution in [2.75, 3.05) is 5.32 Å². The SMILES string of the molecule is CC(=O)c1c(NC(=O)c2cc(C#N)ccc2F)cc2c(cnn2C)c1F. The maximum absolute atomic E-state index is 14.7. The number of aromatic nitrogens is 2. The maximum Gasteiger partial charge on any atom is 0.258 e. The minimum atomic E-state index is -0.900. The van der Waals surface area contributed by atoms with Crippen LogP contribution in [-0.2, 0) is 7.05 Å². The molecule has 0 radical (unpaired) electrons.